The second-order valence-electron chi connectivity index (χ2n) is 4.23. The van der Waals surface area contributed by atoms with Gasteiger partial charge in [-0.05, 0) is 25.3 Å². The van der Waals surface area contributed by atoms with Crippen molar-refractivity contribution in [2.45, 2.75) is 32.2 Å². The van der Waals surface area contributed by atoms with E-state index >= 15 is 0 Å². The van der Waals surface area contributed by atoms with Crippen LogP contribution in [0.1, 0.15) is 36.5 Å². The van der Waals surface area contributed by atoms with Gasteiger partial charge in [-0.3, -0.25) is 4.79 Å². The van der Waals surface area contributed by atoms with E-state index in [4.69, 9.17) is 11.6 Å². The zero-order chi connectivity index (χ0) is 12.3. The maximum absolute atomic E-state index is 11.9. The van der Waals surface area contributed by atoms with Crippen LogP contribution in [0, 0.1) is 0 Å². The molecular weight excluding hydrogens is 238 g/mol. The van der Waals surface area contributed by atoms with E-state index in [9.17, 15) is 4.79 Å². The molecule has 2 N–H and O–H groups in total. The minimum atomic E-state index is -0.0980. The lowest BCUT2D eigenvalue weighted by atomic mass is 10.2. The third kappa shape index (κ3) is 3.33. The Balaban J connectivity index is 2.15. The molecule has 0 unspecified atom stereocenters. The number of hydrogen-bond donors (Lipinski definition) is 2. The molecule has 1 aliphatic carbocycles. The Labute approximate surface area is 106 Å². The average Bonchev–Trinajstić information content (AvgIpc) is 3.10. The Morgan fingerprint density at radius 3 is 3.00 bits per heavy atom. The third-order valence-corrected chi connectivity index (χ3v) is 2.79. The van der Waals surface area contributed by atoms with E-state index in [0.717, 1.165) is 24.9 Å². The minimum Gasteiger partial charge on any atom is -0.382 e. The molecule has 0 spiro atoms. The summed E-state index contributed by atoms with van der Waals surface area (Å²) >= 11 is 5.85. The van der Waals surface area contributed by atoms with E-state index in [2.05, 4.69) is 15.6 Å². The van der Waals surface area contributed by atoms with Crippen molar-refractivity contribution in [3.63, 3.8) is 0 Å². The first-order valence-corrected chi connectivity index (χ1v) is 6.28. The van der Waals surface area contributed by atoms with Gasteiger partial charge in [0.2, 0.25) is 0 Å². The van der Waals surface area contributed by atoms with Crippen LogP contribution in [0.4, 0.5) is 5.69 Å². The first-order valence-electron chi connectivity index (χ1n) is 5.91. The molecule has 4 nitrogen and oxygen atoms in total. The molecule has 1 fully saturated rings. The van der Waals surface area contributed by atoms with E-state index in [1.807, 2.05) is 6.92 Å². The lowest BCUT2D eigenvalue weighted by molar-refractivity contribution is 0.0954. The van der Waals surface area contributed by atoms with Gasteiger partial charge in [0.1, 0.15) is 5.15 Å². The Kier molecular flexibility index (Phi) is 3.84. The summed E-state index contributed by atoms with van der Waals surface area (Å²) in [7, 11) is 0. The molecule has 1 amide bonds. The number of carbonyl (C=O) groups excluding carboxylic acids is 1. The predicted octanol–water partition coefficient (Wildman–Crippen LogP) is 2.45. The summed E-state index contributed by atoms with van der Waals surface area (Å²) in [6, 6.07) is 2.19. The number of nitrogens with zero attached hydrogens (tertiary/aromatic N) is 1. The molecule has 1 heterocycles. The molecule has 0 atom stereocenters. The summed E-state index contributed by atoms with van der Waals surface area (Å²) in [5.41, 5.74) is 1.34. The monoisotopic (exact) mass is 253 g/mol. The van der Waals surface area contributed by atoms with Crippen LogP contribution < -0.4 is 10.6 Å². The van der Waals surface area contributed by atoms with Crippen molar-refractivity contribution in [2.75, 3.05) is 11.9 Å². The van der Waals surface area contributed by atoms with Gasteiger partial charge in [0, 0.05) is 18.8 Å². The molecule has 0 radical (unpaired) electrons. The number of aromatic nitrogens is 1. The van der Waals surface area contributed by atoms with Crippen molar-refractivity contribution in [2.24, 2.45) is 0 Å². The van der Waals surface area contributed by atoms with Gasteiger partial charge in [-0.1, -0.05) is 18.5 Å². The summed E-state index contributed by atoms with van der Waals surface area (Å²) in [6.45, 7) is 2.69. The standard InChI is InChI=1S/C12H16ClN3O/c1-2-5-14-12(17)9-7-15-11(13)6-10(9)16-8-3-4-8/h6-8H,2-5H2,1H3,(H,14,17)(H,15,16). The van der Waals surface area contributed by atoms with Crippen molar-refractivity contribution in [3.05, 3.63) is 23.0 Å². The Hall–Kier alpha value is -1.29. The van der Waals surface area contributed by atoms with Gasteiger partial charge in [-0.15, -0.1) is 0 Å². The smallest absolute Gasteiger partial charge is 0.254 e. The molecule has 2 rings (SSSR count). The fourth-order valence-electron chi connectivity index (χ4n) is 1.51. The van der Waals surface area contributed by atoms with E-state index in [1.54, 1.807) is 6.07 Å². The molecule has 1 saturated carbocycles. The normalized spacial score (nSPS) is 14.5. The summed E-state index contributed by atoms with van der Waals surface area (Å²) in [4.78, 5) is 15.9. The number of nitrogens with one attached hydrogen (secondary N) is 2. The molecule has 1 aliphatic rings. The second kappa shape index (κ2) is 5.36. The summed E-state index contributed by atoms with van der Waals surface area (Å²) in [5, 5.41) is 6.54. The van der Waals surface area contributed by atoms with Crippen LogP contribution in [0.25, 0.3) is 0 Å². The first-order chi connectivity index (χ1) is 8.20. The lowest BCUT2D eigenvalue weighted by Crippen LogP contribution is -2.25. The van der Waals surface area contributed by atoms with E-state index in [0.29, 0.717) is 23.3 Å². The number of amides is 1. The highest BCUT2D eigenvalue weighted by Gasteiger charge is 2.23. The van der Waals surface area contributed by atoms with Gasteiger partial charge in [0.25, 0.3) is 5.91 Å². The largest absolute Gasteiger partial charge is 0.382 e. The van der Waals surface area contributed by atoms with E-state index < -0.39 is 0 Å². The van der Waals surface area contributed by atoms with Gasteiger partial charge >= 0.3 is 0 Å². The molecule has 1 aromatic heterocycles. The van der Waals surface area contributed by atoms with Gasteiger partial charge in [-0.2, -0.15) is 0 Å². The first kappa shape index (κ1) is 12.2. The molecule has 1 aromatic rings. The fourth-order valence-corrected chi connectivity index (χ4v) is 1.67. The topological polar surface area (TPSA) is 54.0 Å². The number of carbonyl (C=O) groups is 1. The van der Waals surface area contributed by atoms with Crippen molar-refractivity contribution < 1.29 is 4.79 Å². The lowest BCUT2D eigenvalue weighted by Gasteiger charge is -2.11. The SMILES string of the molecule is CCCNC(=O)c1cnc(Cl)cc1NC1CC1. The molecule has 5 heteroatoms. The third-order valence-electron chi connectivity index (χ3n) is 2.59. The van der Waals surface area contributed by atoms with Gasteiger partial charge < -0.3 is 10.6 Å². The maximum Gasteiger partial charge on any atom is 0.254 e. The summed E-state index contributed by atoms with van der Waals surface area (Å²) < 4.78 is 0. The average molecular weight is 254 g/mol. The maximum atomic E-state index is 11.9. The van der Waals surface area contributed by atoms with Crippen LogP contribution in [0.3, 0.4) is 0 Å². The molecule has 0 bridgehead atoms. The fraction of sp³-hybridized carbons (Fsp3) is 0.500. The van der Waals surface area contributed by atoms with Crippen molar-refractivity contribution in [1.29, 1.82) is 0 Å². The Morgan fingerprint density at radius 1 is 1.59 bits per heavy atom. The molecule has 17 heavy (non-hydrogen) atoms. The van der Waals surface area contributed by atoms with Crippen LogP contribution in [-0.2, 0) is 0 Å². The van der Waals surface area contributed by atoms with Gasteiger partial charge in [-0.25, -0.2) is 4.98 Å². The highest BCUT2D eigenvalue weighted by atomic mass is 35.5. The number of halogens is 1. The molecule has 0 aromatic carbocycles. The molecule has 0 aliphatic heterocycles. The van der Waals surface area contributed by atoms with Crippen LogP contribution in [0.15, 0.2) is 12.3 Å². The number of rotatable bonds is 5. The number of hydrogen-bond acceptors (Lipinski definition) is 3. The highest BCUT2D eigenvalue weighted by molar-refractivity contribution is 6.29. The van der Waals surface area contributed by atoms with Crippen molar-refractivity contribution >= 4 is 23.2 Å². The summed E-state index contributed by atoms with van der Waals surface area (Å²) in [5.74, 6) is -0.0980. The zero-order valence-electron chi connectivity index (χ0n) is 9.79. The minimum absolute atomic E-state index is 0.0980. The van der Waals surface area contributed by atoms with Crippen molar-refractivity contribution in [3.8, 4) is 0 Å². The summed E-state index contributed by atoms with van der Waals surface area (Å²) in [6.07, 6.45) is 4.74. The van der Waals surface area contributed by atoms with Crippen LogP contribution in [0.5, 0.6) is 0 Å². The van der Waals surface area contributed by atoms with Crippen LogP contribution >= 0.6 is 11.6 Å². The number of anilines is 1. The van der Waals surface area contributed by atoms with Crippen LogP contribution in [-0.4, -0.2) is 23.5 Å². The van der Waals surface area contributed by atoms with Crippen molar-refractivity contribution in [1.82, 2.24) is 10.3 Å². The predicted molar refractivity (Wildman–Crippen MR) is 68.5 cm³/mol. The Morgan fingerprint density at radius 2 is 2.35 bits per heavy atom. The molecular formula is C12H16ClN3O. The quantitative estimate of drug-likeness (QED) is 0.793. The molecule has 0 saturated heterocycles. The van der Waals surface area contributed by atoms with Gasteiger partial charge in [0.05, 0.1) is 11.3 Å². The van der Waals surface area contributed by atoms with Crippen LogP contribution in [0.2, 0.25) is 5.15 Å². The molecule has 92 valence electrons. The van der Waals surface area contributed by atoms with Gasteiger partial charge in [0.15, 0.2) is 0 Å². The van der Waals surface area contributed by atoms with E-state index in [-0.39, 0.29) is 5.91 Å². The van der Waals surface area contributed by atoms with E-state index in [1.165, 1.54) is 6.20 Å². The zero-order valence-corrected chi connectivity index (χ0v) is 10.5. The number of pyridine rings is 1. The Bertz CT molecular complexity index is 418. The highest BCUT2D eigenvalue weighted by Crippen LogP contribution is 2.27. The second-order valence-corrected chi connectivity index (χ2v) is 4.61.